The van der Waals surface area contributed by atoms with E-state index in [4.69, 9.17) is 9.63 Å². The highest BCUT2D eigenvalue weighted by atomic mass is 16.5. The Morgan fingerprint density at radius 2 is 1.89 bits per heavy atom. The number of aryl methyl sites for hydroxylation is 2. The van der Waals surface area contributed by atoms with Gasteiger partial charge in [0.25, 0.3) is 5.91 Å². The van der Waals surface area contributed by atoms with Gasteiger partial charge in [0.1, 0.15) is 17.9 Å². The first-order valence-corrected chi connectivity index (χ1v) is 5.11. The minimum Gasteiger partial charge on any atom is -0.480 e. The van der Waals surface area contributed by atoms with Crippen LogP contribution in [0, 0.1) is 13.8 Å². The predicted octanol–water partition coefficient (Wildman–Crippen LogP) is -0.778. The van der Waals surface area contributed by atoms with E-state index in [0.717, 1.165) is 0 Å². The van der Waals surface area contributed by atoms with Crippen molar-refractivity contribution in [3.8, 4) is 0 Å². The average Bonchev–Trinajstić information content (AvgIpc) is 2.63. The molecule has 0 bridgehead atoms. The predicted molar refractivity (Wildman–Crippen MR) is 59.0 cm³/mol. The Balaban J connectivity index is 2.47. The number of nitrogens with zero attached hydrogens (tertiary/aromatic N) is 1. The Morgan fingerprint density at radius 3 is 2.39 bits per heavy atom. The van der Waals surface area contributed by atoms with Gasteiger partial charge >= 0.3 is 5.97 Å². The van der Waals surface area contributed by atoms with Gasteiger partial charge in [0.15, 0.2) is 0 Å². The summed E-state index contributed by atoms with van der Waals surface area (Å²) in [7, 11) is 0. The van der Waals surface area contributed by atoms with Crippen molar-refractivity contribution in [2.75, 3.05) is 13.1 Å². The van der Waals surface area contributed by atoms with E-state index >= 15 is 0 Å². The number of hydrogen-bond donors (Lipinski definition) is 3. The zero-order valence-corrected chi connectivity index (χ0v) is 9.94. The van der Waals surface area contributed by atoms with Crippen LogP contribution in [0.25, 0.3) is 0 Å². The standard InChI is InChI=1S/C10H13N3O5/c1-5-9(6(2)18-13-5)10(17)12-3-7(14)11-4-8(15)16/h3-4H2,1-2H3,(H,11,14)(H,12,17)(H,15,16). The van der Waals surface area contributed by atoms with E-state index in [0.29, 0.717) is 11.5 Å². The Bertz CT molecular complexity index is 460. The fourth-order valence-corrected chi connectivity index (χ4v) is 1.29. The van der Waals surface area contributed by atoms with Gasteiger partial charge in [0.05, 0.1) is 12.2 Å². The Morgan fingerprint density at radius 1 is 1.22 bits per heavy atom. The van der Waals surface area contributed by atoms with Crippen LogP contribution in [0.1, 0.15) is 21.8 Å². The van der Waals surface area contributed by atoms with Crippen LogP contribution in [-0.2, 0) is 9.59 Å². The first-order valence-electron chi connectivity index (χ1n) is 5.11. The highest BCUT2D eigenvalue weighted by molar-refractivity contribution is 5.98. The maximum Gasteiger partial charge on any atom is 0.322 e. The van der Waals surface area contributed by atoms with Gasteiger partial charge in [-0.3, -0.25) is 14.4 Å². The zero-order chi connectivity index (χ0) is 13.7. The summed E-state index contributed by atoms with van der Waals surface area (Å²) in [5.41, 5.74) is 0.706. The molecule has 1 rings (SSSR count). The summed E-state index contributed by atoms with van der Waals surface area (Å²) in [5.74, 6) is -1.87. The number of carboxylic acid groups (broad SMARTS) is 1. The number of amides is 2. The van der Waals surface area contributed by atoms with Crippen molar-refractivity contribution < 1.29 is 24.0 Å². The number of aliphatic carboxylic acids is 1. The van der Waals surface area contributed by atoms with Gasteiger partial charge in [-0.1, -0.05) is 5.16 Å². The molecule has 0 saturated carbocycles. The van der Waals surface area contributed by atoms with E-state index in [9.17, 15) is 14.4 Å². The van der Waals surface area contributed by atoms with Crippen molar-refractivity contribution >= 4 is 17.8 Å². The van der Waals surface area contributed by atoms with Crippen LogP contribution in [0.2, 0.25) is 0 Å². The van der Waals surface area contributed by atoms with Crippen molar-refractivity contribution in [2.45, 2.75) is 13.8 Å². The molecule has 8 nitrogen and oxygen atoms in total. The summed E-state index contributed by atoms with van der Waals surface area (Å²) in [6.45, 7) is 2.39. The molecule has 0 radical (unpaired) electrons. The molecule has 0 aromatic carbocycles. The Labute approximate surface area is 102 Å². The number of nitrogens with one attached hydrogen (secondary N) is 2. The van der Waals surface area contributed by atoms with E-state index in [-0.39, 0.29) is 12.1 Å². The minimum atomic E-state index is -1.15. The van der Waals surface area contributed by atoms with Crippen LogP contribution < -0.4 is 10.6 Å². The molecule has 8 heteroatoms. The van der Waals surface area contributed by atoms with Crippen LogP contribution >= 0.6 is 0 Å². The second-order valence-electron chi connectivity index (χ2n) is 3.55. The SMILES string of the molecule is Cc1noc(C)c1C(=O)NCC(=O)NCC(=O)O. The molecular formula is C10H13N3O5. The Kier molecular flexibility index (Phi) is 4.41. The third-order valence-electron chi connectivity index (χ3n) is 2.11. The minimum absolute atomic E-state index is 0.279. The molecule has 0 saturated heterocycles. The lowest BCUT2D eigenvalue weighted by Crippen LogP contribution is -2.39. The summed E-state index contributed by atoms with van der Waals surface area (Å²) in [5, 5.41) is 16.4. The van der Waals surface area contributed by atoms with E-state index in [2.05, 4.69) is 15.8 Å². The zero-order valence-electron chi connectivity index (χ0n) is 9.94. The molecule has 2 amide bonds. The third kappa shape index (κ3) is 3.58. The first-order chi connectivity index (χ1) is 8.41. The van der Waals surface area contributed by atoms with Crippen molar-refractivity contribution in [1.29, 1.82) is 0 Å². The lowest BCUT2D eigenvalue weighted by Gasteiger charge is -2.04. The van der Waals surface area contributed by atoms with Gasteiger partial charge in [-0.15, -0.1) is 0 Å². The number of carbonyl (C=O) groups excluding carboxylic acids is 2. The van der Waals surface area contributed by atoms with Crippen LogP contribution in [0.5, 0.6) is 0 Å². The van der Waals surface area contributed by atoms with Crippen molar-refractivity contribution in [2.24, 2.45) is 0 Å². The molecule has 0 aliphatic carbocycles. The number of hydrogen-bond acceptors (Lipinski definition) is 5. The molecule has 18 heavy (non-hydrogen) atoms. The fourth-order valence-electron chi connectivity index (χ4n) is 1.29. The molecule has 1 aromatic heterocycles. The quantitative estimate of drug-likeness (QED) is 0.634. The smallest absolute Gasteiger partial charge is 0.322 e. The van der Waals surface area contributed by atoms with Gasteiger partial charge in [-0.05, 0) is 13.8 Å². The normalized spacial score (nSPS) is 9.89. The lowest BCUT2D eigenvalue weighted by molar-refractivity contribution is -0.137. The highest BCUT2D eigenvalue weighted by Crippen LogP contribution is 2.11. The summed E-state index contributed by atoms with van der Waals surface area (Å²) in [6.07, 6.45) is 0. The van der Waals surface area contributed by atoms with Crippen LogP contribution in [0.15, 0.2) is 4.52 Å². The van der Waals surface area contributed by atoms with Crippen molar-refractivity contribution in [3.05, 3.63) is 17.0 Å². The summed E-state index contributed by atoms with van der Waals surface area (Å²) >= 11 is 0. The number of carbonyl (C=O) groups is 3. The molecule has 1 heterocycles. The van der Waals surface area contributed by atoms with Gasteiger partial charge in [-0.25, -0.2) is 0 Å². The molecular weight excluding hydrogens is 242 g/mol. The number of aromatic nitrogens is 1. The second-order valence-corrected chi connectivity index (χ2v) is 3.55. The van der Waals surface area contributed by atoms with Gasteiger partial charge in [-0.2, -0.15) is 0 Å². The second kappa shape index (κ2) is 5.80. The van der Waals surface area contributed by atoms with Gasteiger partial charge in [0, 0.05) is 0 Å². The molecule has 0 fully saturated rings. The number of carboxylic acids is 1. The molecule has 0 aliphatic rings. The van der Waals surface area contributed by atoms with E-state index in [1.165, 1.54) is 0 Å². The van der Waals surface area contributed by atoms with Crippen LogP contribution in [-0.4, -0.2) is 41.1 Å². The highest BCUT2D eigenvalue weighted by Gasteiger charge is 2.17. The van der Waals surface area contributed by atoms with Gasteiger partial charge < -0.3 is 20.3 Å². The molecule has 0 atom stereocenters. The first kappa shape index (κ1) is 13.7. The van der Waals surface area contributed by atoms with Crippen molar-refractivity contribution in [1.82, 2.24) is 15.8 Å². The molecule has 3 N–H and O–H groups in total. The average molecular weight is 255 g/mol. The molecule has 1 aromatic rings. The van der Waals surface area contributed by atoms with Crippen molar-refractivity contribution in [3.63, 3.8) is 0 Å². The van der Waals surface area contributed by atoms with E-state index in [1.54, 1.807) is 13.8 Å². The fraction of sp³-hybridized carbons (Fsp3) is 0.400. The molecule has 0 spiro atoms. The summed E-state index contributed by atoms with van der Waals surface area (Å²) in [6, 6.07) is 0. The topological polar surface area (TPSA) is 122 Å². The van der Waals surface area contributed by atoms with Gasteiger partial charge in [0.2, 0.25) is 5.91 Å². The summed E-state index contributed by atoms with van der Waals surface area (Å²) < 4.78 is 4.81. The maximum absolute atomic E-state index is 11.7. The molecule has 0 unspecified atom stereocenters. The lowest BCUT2D eigenvalue weighted by atomic mass is 10.2. The molecule has 98 valence electrons. The number of rotatable bonds is 5. The molecule has 0 aliphatic heterocycles. The van der Waals surface area contributed by atoms with Crippen LogP contribution in [0.3, 0.4) is 0 Å². The Hall–Kier alpha value is -2.38. The monoisotopic (exact) mass is 255 g/mol. The third-order valence-corrected chi connectivity index (χ3v) is 2.11. The maximum atomic E-state index is 11.7. The largest absolute Gasteiger partial charge is 0.480 e. The summed E-state index contributed by atoms with van der Waals surface area (Å²) in [4.78, 5) is 33.0. The van der Waals surface area contributed by atoms with E-state index in [1.807, 2.05) is 0 Å². The van der Waals surface area contributed by atoms with E-state index < -0.39 is 24.3 Å². The van der Waals surface area contributed by atoms with Crippen LogP contribution in [0.4, 0.5) is 0 Å².